The first kappa shape index (κ1) is 21.8. The van der Waals surface area contributed by atoms with Gasteiger partial charge >= 0.3 is 0 Å². The summed E-state index contributed by atoms with van der Waals surface area (Å²) in [6.45, 7) is 0.389. The van der Waals surface area contributed by atoms with Crippen LogP contribution in [0, 0.1) is 0 Å². The zero-order valence-electron chi connectivity index (χ0n) is 17.6. The molecule has 3 rings (SSSR count). The van der Waals surface area contributed by atoms with Crippen molar-refractivity contribution in [3.63, 3.8) is 0 Å². The van der Waals surface area contributed by atoms with Crippen LogP contribution in [0.4, 0.5) is 0 Å². The molecule has 0 aromatic heterocycles. The zero-order valence-corrected chi connectivity index (χ0v) is 17.6. The SMILES string of the molecule is COc1cc(O)c(C(=O)/C=C\c2ccc(OC)c(OCc3ccccc3)c2)c(OC)c1. The van der Waals surface area contributed by atoms with Crippen molar-refractivity contribution in [3.8, 4) is 28.7 Å². The van der Waals surface area contributed by atoms with E-state index in [9.17, 15) is 9.90 Å². The van der Waals surface area contributed by atoms with Crippen molar-refractivity contribution >= 4 is 11.9 Å². The van der Waals surface area contributed by atoms with Crippen LogP contribution in [0.2, 0.25) is 0 Å². The van der Waals surface area contributed by atoms with Crippen LogP contribution in [0.5, 0.6) is 28.7 Å². The van der Waals surface area contributed by atoms with E-state index in [1.165, 1.54) is 26.4 Å². The highest BCUT2D eigenvalue weighted by molar-refractivity contribution is 6.10. The summed E-state index contributed by atoms with van der Waals surface area (Å²) in [6.07, 6.45) is 3.01. The molecule has 1 N–H and O–H groups in total. The number of phenolic OH excluding ortho intramolecular Hbond substituents is 1. The molecule has 0 radical (unpaired) electrons. The number of hydrogen-bond acceptors (Lipinski definition) is 6. The van der Waals surface area contributed by atoms with Gasteiger partial charge in [0.1, 0.15) is 29.4 Å². The van der Waals surface area contributed by atoms with E-state index in [-0.39, 0.29) is 17.1 Å². The van der Waals surface area contributed by atoms with Gasteiger partial charge in [-0.15, -0.1) is 0 Å². The molecule has 0 aliphatic heterocycles. The first-order chi connectivity index (χ1) is 15.0. The molecule has 0 atom stereocenters. The van der Waals surface area contributed by atoms with Crippen molar-refractivity contribution in [2.24, 2.45) is 0 Å². The van der Waals surface area contributed by atoms with E-state index in [0.29, 0.717) is 23.9 Å². The van der Waals surface area contributed by atoms with Crippen LogP contribution in [-0.4, -0.2) is 32.2 Å². The molecule has 0 heterocycles. The third-order valence-electron chi connectivity index (χ3n) is 4.61. The van der Waals surface area contributed by atoms with Crippen LogP contribution in [0.1, 0.15) is 21.5 Å². The number of benzene rings is 3. The summed E-state index contributed by atoms with van der Waals surface area (Å²) in [5.74, 6) is 1.16. The molecule has 6 heteroatoms. The summed E-state index contributed by atoms with van der Waals surface area (Å²) < 4.78 is 21.6. The Hall–Kier alpha value is -3.93. The molecule has 3 aromatic rings. The summed E-state index contributed by atoms with van der Waals surface area (Å²) in [5.41, 5.74) is 1.83. The molecule has 0 saturated carbocycles. The van der Waals surface area contributed by atoms with Gasteiger partial charge in [-0.3, -0.25) is 4.79 Å². The average Bonchev–Trinajstić information content (AvgIpc) is 2.81. The maximum Gasteiger partial charge on any atom is 0.193 e. The highest BCUT2D eigenvalue weighted by Crippen LogP contribution is 2.34. The Morgan fingerprint density at radius 3 is 2.29 bits per heavy atom. The predicted octanol–water partition coefficient (Wildman–Crippen LogP) is 4.89. The minimum atomic E-state index is -0.403. The van der Waals surface area contributed by atoms with Crippen molar-refractivity contribution in [1.29, 1.82) is 0 Å². The Morgan fingerprint density at radius 2 is 1.61 bits per heavy atom. The largest absolute Gasteiger partial charge is 0.507 e. The number of aromatic hydroxyl groups is 1. The maximum atomic E-state index is 12.7. The number of ketones is 1. The van der Waals surface area contributed by atoms with Crippen molar-refractivity contribution in [2.45, 2.75) is 6.61 Å². The molecule has 0 spiro atoms. The predicted molar refractivity (Wildman–Crippen MR) is 118 cm³/mol. The second-order valence-electron chi connectivity index (χ2n) is 6.61. The molecule has 0 saturated heterocycles. The van der Waals surface area contributed by atoms with E-state index >= 15 is 0 Å². The van der Waals surface area contributed by atoms with E-state index in [1.807, 2.05) is 36.4 Å². The molecule has 3 aromatic carbocycles. The van der Waals surface area contributed by atoms with Crippen LogP contribution in [0.15, 0.2) is 66.7 Å². The van der Waals surface area contributed by atoms with Gasteiger partial charge in [-0.25, -0.2) is 0 Å². The lowest BCUT2D eigenvalue weighted by molar-refractivity contribution is 0.104. The van der Waals surface area contributed by atoms with Gasteiger partial charge < -0.3 is 24.1 Å². The van der Waals surface area contributed by atoms with Crippen molar-refractivity contribution in [3.05, 3.63) is 83.4 Å². The van der Waals surface area contributed by atoms with E-state index < -0.39 is 5.78 Å². The third kappa shape index (κ3) is 5.36. The Kier molecular flexibility index (Phi) is 7.17. The number of carbonyl (C=O) groups is 1. The molecule has 31 heavy (non-hydrogen) atoms. The molecule has 0 unspecified atom stereocenters. The Morgan fingerprint density at radius 1 is 0.871 bits per heavy atom. The first-order valence-electron chi connectivity index (χ1n) is 9.58. The number of phenols is 1. The van der Waals surface area contributed by atoms with E-state index in [0.717, 1.165) is 11.1 Å². The van der Waals surface area contributed by atoms with Gasteiger partial charge in [0.15, 0.2) is 17.3 Å². The van der Waals surface area contributed by atoms with Crippen LogP contribution in [0.3, 0.4) is 0 Å². The normalized spacial score (nSPS) is 10.7. The van der Waals surface area contributed by atoms with E-state index in [4.69, 9.17) is 18.9 Å². The number of rotatable bonds is 9. The van der Waals surface area contributed by atoms with Crippen molar-refractivity contribution in [1.82, 2.24) is 0 Å². The highest BCUT2D eigenvalue weighted by atomic mass is 16.5. The van der Waals surface area contributed by atoms with Gasteiger partial charge in [0.05, 0.1) is 21.3 Å². The molecule has 0 amide bonds. The van der Waals surface area contributed by atoms with Gasteiger partial charge in [-0.05, 0) is 29.3 Å². The quantitative estimate of drug-likeness (QED) is 0.392. The minimum Gasteiger partial charge on any atom is -0.507 e. The lowest BCUT2D eigenvalue weighted by Crippen LogP contribution is -2.01. The molecular weight excluding hydrogens is 396 g/mol. The number of hydrogen-bond donors (Lipinski definition) is 1. The number of allylic oxidation sites excluding steroid dienone is 1. The number of carbonyl (C=O) groups excluding carboxylic acids is 1. The second kappa shape index (κ2) is 10.2. The lowest BCUT2D eigenvalue weighted by atomic mass is 10.1. The molecular formula is C25H24O6. The Bertz CT molecular complexity index is 1070. The van der Waals surface area contributed by atoms with Crippen molar-refractivity contribution < 1.29 is 28.8 Å². The van der Waals surface area contributed by atoms with E-state index in [2.05, 4.69) is 0 Å². The number of ether oxygens (including phenoxy) is 4. The third-order valence-corrected chi connectivity index (χ3v) is 4.61. The highest BCUT2D eigenvalue weighted by Gasteiger charge is 2.17. The monoisotopic (exact) mass is 420 g/mol. The summed E-state index contributed by atoms with van der Waals surface area (Å²) in [5, 5.41) is 10.2. The van der Waals surface area contributed by atoms with Gasteiger partial charge in [0, 0.05) is 12.1 Å². The van der Waals surface area contributed by atoms with Gasteiger partial charge in [0.2, 0.25) is 0 Å². The summed E-state index contributed by atoms with van der Waals surface area (Å²) in [6, 6.07) is 18.1. The fourth-order valence-corrected chi connectivity index (χ4v) is 3.00. The summed E-state index contributed by atoms with van der Waals surface area (Å²) in [7, 11) is 4.47. The summed E-state index contributed by atoms with van der Waals surface area (Å²) in [4.78, 5) is 12.7. The fourth-order valence-electron chi connectivity index (χ4n) is 3.00. The van der Waals surface area contributed by atoms with Gasteiger partial charge in [-0.1, -0.05) is 42.5 Å². The molecule has 160 valence electrons. The molecule has 0 aliphatic carbocycles. The standard InChI is InChI=1S/C25H24O6/c1-28-19-14-21(27)25(24(15-19)30-3)20(26)11-9-17-10-12-22(29-2)23(13-17)31-16-18-7-5-4-6-8-18/h4-15,27H,16H2,1-3H3/b11-9-. The van der Waals surface area contributed by atoms with Crippen LogP contribution in [-0.2, 0) is 6.61 Å². The summed E-state index contributed by atoms with van der Waals surface area (Å²) >= 11 is 0. The molecule has 0 aliphatic rings. The molecule has 0 fully saturated rings. The first-order valence-corrected chi connectivity index (χ1v) is 9.58. The van der Waals surface area contributed by atoms with E-state index in [1.54, 1.807) is 31.4 Å². The van der Waals surface area contributed by atoms with Crippen LogP contribution < -0.4 is 18.9 Å². The zero-order chi connectivity index (χ0) is 22.2. The van der Waals surface area contributed by atoms with Crippen LogP contribution in [0.25, 0.3) is 6.08 Å². The van der Waals surface area contributed by atoms with Gasteiger partial charge in [0.25, 0.3) is 0 Å². The lowest BCUT2D eigenvalue weighted by Gasteiger charge is -2.12. The van der Waals surface area contributed by atoms with Crippen molar-refractivity contribution in [2.75, 3.05) is 21.3 Å². The molecule has 0 bridgehead atoms. The Balaban J connectivity index is 1.81. The second-order valence-corrected chi connectivity index (χ2v) is 6.61. The number of methoxy groups -OCH3 is 3. The Labute approximate surface area is 181 Å². The minimum absolute atomic E-state index is 0.0635. The topological polar surface area (TPSA) is 74.2 Å². The molecule has 6 nitrogen and oxygen atoms in total. The maximum absolute atomic E-state index is 12.7. The average molecular weight is 420 g/mol. The smallest absolute Gasteiger partial charge is 0.193 e. The van der Waals surface area contributed by atoms with Crippen LogP contribution >= 0.6 is 0 Å². The fraction of sp³-hybridized carbons (Fsp3) is 0.160. The van der Waals surface area contributed by atoms with Gasteiger partial charge in [-0.2, -0.15) is 0 Å².